The Kier molecular flexibility index (Phi) is 5.96. The first-order valence-electron chi connectivity index (χ1n) is 7.53. The lowest BCUT2D eigenvalue weighted by Crippen LogP contribution is -2.42. The van der Waals surface area contributed by atoms with Gasteiger partial charge >= 0.3 is 0 Å². The van der Waals surface area contributed by atoms with Crippen molar-refractivity contribution >= 4 is 23.4 Å². The van der Waals surface area contributed by atoms with Gasteiger partial charge in [-0.15, -0.1) is 0 Å². The molecule has 1 aliphatic heterocycles. The second-order valence-corrected chi connectivity index (χ2v) is 6.20. The van der Waals surface area contributed by atoms with Crippen molar-refractivity contribution in [2.75, 3.05) is 40.3 Å². The lowest BCUT2D eigenvalue weighted by Gasteiger charge is -2.23. The molecule has 23 heavy (non-hydrogen) atoms. The van der Waals surface area contributed by atoms with Crippen molar-refractivity contribution in [3.63, 3.8) is 0 Å². The summed E-state index contributed by atoms with van der Waals surface area (Å²) in [6.45, 7) is 2.10. The van der Waals surface area contributed by atoms with E-state index >= 15 is 0 Å². The largest absolute Gasteiger partial charge is 0.359 e. The van der Waals surface area contributed by atoms with E-state index in [-0.39, 0.29) is 34.7 Å². The molecule has 5 nitrogen and oxygen atoms in total. The van der Waals surface area contributed by atoms with Crippen molar-refractivity contribution in [2.45, 2.75) is 6.42 Å². The van der Waals surface area contributed by atoms with Crippen LogP contribution in [0.2, 0.25) is 5.02 Å². The number of carbonyl (C=O) groups excluding carboxylic acids is 2. The predicted molar refractivity (Wildman–Crippen MR) is 86.7 cm³/mol. The van der Waals surface area contributed by atoms with Crippen LogP contribution in [0.1, 0.15) is 5.56 Å². The van der Waals surface area contributed by atoms with Gasteiger partial charge in [-0.2, -0.15) is 0 Å². The topological polar surface area (TPSA) is 52.7 Å². The molecule has 0 spiro atoms. The summed E-state index contributed by atoms with van der Waals surface area (Å²) in [6.07, 6.45) is -0.102. The highest BCUT2D eigenvalue weighted by Crippen LogP contribution is 2.21. The molecule has 1 aliphatic rings. The van der Waals surface area contributed by atoms with Crippen molar-refractivity contribution in [1.29, 1.82) is 0 Å². The first-order chi connectivity index (χ1) is 10.9. The van der Waals surface area contributed by atoms with Crippen molar-refractivity contribution < 1.29 is 14.0 Å². The summed E-state index contributed by atoms with van der Waals surface area (Å²) in [6, 6.07) is 4.36. The molecule has 1 fully saturated rings. The normalized spacial score (nSPS) is 19.3. The zero-order valence-electron chi connectivity index (χ0n) is 13.3. The summed E-state index contributed by atoms with van der Waals surface area (Å²) in [5.41, 5.74) is 0.202. The third kappa shape index (κ3) is 4.42. The SMILES string of the molecule is CNC(=O)[C@H]1CN(C)CCN(C(=O)Cc2c(F)cccc2Cl)C1. The van der Waals surface area contributed by atoms with Crippen molar-refractivity contribution in [3.8, 4) is 0 Å². The smallest absolute Gasteiger partial charge is 0.227 e. The number of amides is 2. The average Bonchev–Trinajstić information content (AvgIpc) is 2.72. The number of halogens is 2. The predicted octanol–water partition coefficient (Wildman–Crippen LogP) is 1.16. The van der Waals surface area contributed by atoms with Crippen molar-refractivity contribution in [1.82, 2.24) is 15.1 Å². The molecule has 1 N–H and O–H groups in total. The Labute approximate surface area is 140 Å². The number of hydrogen-bond acceptors (Lipinski definition) is 3. The van der Waals surface area contributed by atoms with E-state index in [0.717, 1.165) is 0 Å². The van der Waals surface area contributed by atoms with Gasteiger partial charge in [0.05, 0.1) is 12.3 Å². The third-order valence-electron chi connectivity index (χ3n) is 4.08. The van der Waals surface area contributed by atoms with Gasteiger partial charge < -0.3 is 15.1 Å². The number of hydrogen-bond donors (Lipinski definition) is 1. The Hall–Kier alpha value is -1.66. The summed E-state index contributed by atoms with van der Waals surface area (Å²) in [7, 11) is 3.50. The van der Waals surface area contributed by atoms with Gasteiger partial charge in [0.2, 0.25) is 11.8 Å². The second-order valence-electron chi connectivity index (χ2n) is 5.79. The molecule has 2 rings (SSSR count). The zero-order chi connectivity index (χ0) is 17.0. The first-order valence-corrected chi connectivity index (χ1v) is 7.91. The Morgan fingerprint density at radius 3 is 2.74 bits per heavy atom. The molecule has 0 bridgehead atoms. The molecule has 2 amide bonds. The van der Waals surface area contributed by atoms with Crippen LogP contribution in [0.25, 0.3) is 0 Å². The molecular weight excluding hydrogens is 321 g/mol. The summed E-state index contributed by atoms with van der Waals surface area (Å²) in [4.78, 5) is 28.1. The van der Waals surface area contributed by atoms with Crippen LogP contribution in [-0.2, 0) is 16.0 Å². The Morgan fingerprint density at radius 2 is 2.09 bits per heavy atom. The van der Waals surface area contributed by atoms with E-state index in [1.165, 1.54) is 12.1 Å². The Balaban J connectivity index is 2.12. The fourth-order valence-electron chi connectivity index (χ4n) is 2.73. The van der Waals surface area contributed by atoms with Crippen LogP contribution in [0.3, 0.4) is 0 Å². The van der Waals surface area contributed by atoms with Gasteiger partial charge in [0, 0.05) is 43.8 Å². The lowest BCUT2D eigenvalue weighted by molar-refractivity contribution is -0.132. The highest BCUT2D eigenvalue weighted by molar-refractivity contribution is 6.31. The standard InChI is InChI=1S/C16H21ClFN3O2/c1-19-16(23)11-9-20(2)6-7-21(10-11)15(22)8-12-13(17)4-3-5-14(12)18/h3-5,11H,6-10H2,1-2H3,(H,19,23)/t11-/m0/s1. The van der Waals surface area contributed by atoms with Crippen LogP contribution in [-0.4, -0.2) is 61.9 Å². The fourth-order valence-corrected chi connectivity index (χ4v) is 2.96. The minimum atomic E-state index is -0.486. The molecule has 1 aromatic rings. The molecule has 1 heterocycles. The van der Waals surface area contributed by atoms with E-state index in [0.29, 0.717) is 26.2 Å². The Morgan fingerprint density at radius 1 is 1.35 bits per heavy atom. The molecule has 0 aliphatic carbocycles. The zero-order valence-corrected chi connectivity index (χ0v) is 14.1. The maximum atomic E-state index is 13.9. The quantitative estimate of drug-likeness (QED) is 0.897. The fraction of sp³-hybridized carbons (Fsp3) is 0.500. The third-order valence-corrected chi connectivity index (χ3v) is 4.44. The molecule has 0 saturated carbocycles. The van der Waals surface area contributed by atoms with Crippen molar-refractivity contribution in [2.24, 2.45) is 5.92 Å². The van der Waals surface area contributed by atoms with Crippen LogP contribution in [0, 0.1) is 11.7 Å². The van der Waals surface area contributed by atoms with E-state index in [9.17, 15) is 14.0 Å². The van der Waals surface area contributed by atoms with E-state index in [1.807, 2.05) is 11.9 Å². The summed E-state index contributed by atoms with van der Waals surface area (Å²) in [5.74, 6) is -1.10. The number of rotatable bonds is 3. The van der Waals surface area contributed by atoms with Gasteiger partial charge in [-0.05, 0) is 19.2 Å². The number of nitrogens with zero attached hydrogens (tertiary/aromatic N) is 2. The molecule has 1 aromatic carbocycles. The highest BCUT2D eigenvalue weighted by Gasteiger charge is 2.28. The lowest BCUT2D eigenvalue weighted by atomic mass is 10.1. The van der Waals surface area contributed by atoms with Crippen LogP contribution >= 0.6 is 11.6 Å². The minimum Gasteiger partial charge on any atom is -0.359 e. The number of benzene rings is 1. The van der Waals surface area contributed by atoms with E-state index in [2.05, 4.69) is 5.32 Å². The monoisotopic (exact) mass is 341 g/mol. The van der Waals surface area contributed by atoms with Gasteiger partial charge in [-0.1, -0.05) is 17.7 Å². The van der Waals surface area contributed by atoms with Gasteiger partial charge in [-0.25, -0.2) is 4.39 Å². The van der Waals surface area contributed by atoms with E-state index < -0.39 is 5.82 Å². The molecule has 0 aromatic heterocycles. The first kappa shape index (κ1) is 17.7. The van der Waals surface area contributed by atoms with Crippen LogP contribution in [0.5, 0.6) is 0 Å². The second kappa shape index (κ2) is 7.75. The van der Waals surface area contributed by atoms with Gasteiger partial charge in [0.25, 0.3) is 0 Å². The molecule has 0 unspecified atom stereocenters. The molecule has 1 atom stereocenters. The summed E-state index contributed by atoms with van der Waals surface area (Å²) in [5, 5.41) is 2.87. The minimum absolute atomic E-state index is 0.0968. The molecule has 126 valence electrons. The van der Waals surface area contributed by atoms with Crippen molar-refractivity contribution in [3.05, 3.63) is 34.6 Å². The van der Waals surface area contributed by atoms with Gasteiger partial charge in [-0.3, -0.25) is 9.59 Å². The molecule has 1 saturated heterocycles. The van der Waals surface area contributed by atoms with E-state index in [1.54, 1.807) is 18.0 Å². The highest BCUT2D eigenvalue weighted by atomic mass is 35.5. The Bertz CT molecular complexity index is 576. The average molecular weight is 342 g/mol. The van der Waals surface area contributed by atoms with Gasteiger partial charge in [0.1, 0.15) is 5.82 Å². The molecule has 7 heteroatoms. The maximum Gasteiger partial charge on any atom is 0.227 e. The number of likely N-dealkylation sites (N-methyl/N-ethyl adjacent to an activating group) is 1. The van der Waals surface area contributed by atoms with Crippen LogP contribution < -0.4 is 5.32 Å². The summed E-state index contributed by atoms with van der Waals surface area (Å²) >= 11 is 5.99. The van der Waals surface area contributed by atoms with Gasteiger partial charge in [0.15, 0.2) is 0 Å². The number of nitrogens with one attached hydrogen (secondary N) is 1. The van der Waals surface area contributed by atoms with E-state index in [4.69, 9.17) is 11.6 Å². The molecule has 0 radical (unpaired) electrons. The van der Waals surface area contributed by atoms with Crippen LogP contribution in [0.4, 0.5) is 4.39 Å². The number of carbonyl (C=O) groups is 2. The maximum absolute atomic E-state index is 13.9. The molecular formula is C16H21ClFN3O2. The van der Waals surface area contributed by atoms with Crippen LogP contribution in [0.15, 0.2) is 18.2 Å². The summed E-state index contributed by atoms with van der Waals surface area (Å²) < 4.78 is 13.9.